The molecule has 21 heavy (non-hydrogen) atoms. The van der Waals surface area contributed by atoms with Gasteiger partial charge in [-0.3, -0.25) is 9.89 Å². The molecule has 1 aromatic carbocycles. The largest absolute Gasteiger partial charge is 0.358 e. The Balaban J connectivity index is 2.19. The Bertz CT molecular complexity index is 847. The molecule has 3 aromatic rings. The molecule has 0 saturated carbocycles. The maximum atomic E-state index is 12.5. The van der Waals surface area contributed by atoms with Gasteiger partial charge < -0.3 is 10.3 Å². The van der Waals surface area contributed by atoms with E-state index < -0.39 is 0 Å². The zero-order valence-electron chi connectivity index (χ0n) is 12.4. The molecule has 5 nitrogen and oxygen atoms in total. The topological polar surface area (TPSA) is 73.6 Å². The van der Waals surface area contributed by atoms with Gasteiger partial charge in [0.15, 0.2) is 5.43 Å². The quantitative estimate of drug-likeness (QED) is 0.690. The van der Waals surface area contributed by atoms with E-state index in [1.54, 1.807) is 6.20 Å². The van der Waals surface area contributed by atoms with Gasteiger partial charge in [-0.15, -0.1) is 0 Å². The molecule has 0 unspecified atom stereocenters. The van der Waals surface area contributed by atoms with Crippen molar-refractivity contribution < 1.29 is 0 Å². The van der Waals surface area contributed by atoms with Crippen molar-refractivity contribution in [3.05, 3.63) is 51.4 Å². The second kappa shape index (κ2) is 5.09. The minimum atomic E-state index is 0.0910. The van der Waals surface area contributed by atoms with E-state index in [0.717, 1.165) is 40.3 Å². The molecule has 0 amide bonds. The monoisotopic (exact) mass is 282 g/mol. The standard InChI is InChI=1S/C16H18N4O/c1-4-12-10(3)16(21)11-8-13(9(2)7-14(11)18-12)19-15-5-6-17-20-15/h5-8H,4H2,1-3H3,(H,18,21)(H2,17,19,20). The average Bonchev–Trinajstić information content (AvgIpc) is 2.97. The van der Waals surface area contributed by atoms with E-state index in [9.17, 15) is 4.79 Å². The normalized spacial score (nSPS) is 11.0. The van der Waals surface area contributed by atoms with Crippen LogP contribution in [0.15, 0.2) is 29.2 Å². The van der Waals surface area contributed by atoms with Crippen molar-refractivity contribution >= 4 is 22.4 Å². The number of aryl methyl sites for hydroxylation is 2. The van der Waals surface area contributed by atoms with Gasteiger partial charge in [-0.05, 0) is 38.0 Å². The van der Waals surface area contributed by atoms with Crippen LogP contribution in [0.5, 0.6) is 0 Å². The number of aromatic nitrogens is 3. The minimum Gasteiger partial charge on any atom is -0.358 e. The predicted molar refractivity (Wildman–Crippen MR) is 85.3 cm³/mol. The van der Waals surface area contributed by atoms with Gasteiger partial charge in [0.1, 0.15) is 5.82 Å². The van der Waals surface area contributed by atoms with E-state index in [1.807, 2.05) is 39.0 Å². The Labute approximate surface area is 122 Å². The molecule has 3 rings (SSSR count). The highest BCUT2D eigenvalue weighted by molar-refractivity contribution is 5.85. The third-order valence-electron chi connectivity index (χ3n) is 3.81. The summed E-state index contributed by atoms with van der Waals surface area (Å²) in [6, 6.07) is 5.75. The van der Waals surface area contributed by atoms with Gasteiger partial charge in [-0.25, -0.2) is 0 Å². The molecule has 2 aromatic heterocycles. The zero-order valence-corrected chi connectivity index (χ0v) is 12.4. The number of hydrogen-bond donors (Lipinski definition) is 3. The number of nitrogens with zero attached hydrogens (tertiary/aromatic N) is 1. The molecule has 0 spiro atoms. The van der Waals surface area contributed by atoms with Crippen LogP contribution in [0.3, 0.4) is 0 Å². The van der Waals surface area contributed by atoms with Crippen LogP contribution in [0, 0.1) is 13.8 Å². The summed E-state index contributed by atoms with van der Waals surface area (Å²) in [4.78, 5) is 15.9. The van der Waals surface area contributed by atoms with Crippen LogP contribution in [0.1, 0.15) is 23.7 Å². The van der Waals surface area contributed by atoms with E-state index in [4.69, 9.17) is 0 Å². The zero-order chi connectivity index (χ0) is 15.0. The van der Waals surface area contributed by atoms with Crippen molar-refractivity contribution in [3.63, 3.8) is 0 Å². The summed E-state index contributed by atoms with van der Waals surface area (Å²) in [5.74, 6) is 0.802. The van der Waals surface area contributed by atoms with Crippen LogP contribution < -0.4 is 10.7 Å². The highest BCUT2D eigenvalue weighted by Crippen LogP contribution is 2.24. The van der Waals surface area contributed by atoms with Crippen molar-refractivity contribution in [2.45, 2.75) is 27.2 Å². The lowest BCUT2D eigenvalue weighted by atomic mass is 10.0. The smallest absolute Gasteiger partial charge is 0.192 e. The van der Waals surface area contributed by atoms with Gasteiger partial charge >= 0.3 is 0 Å². The van der Waals surface area contributed by atoms with Gasteiger partial charge in [0, 0.05) is 33.9 Å². The fourth-order valence-electron chi connectivity index (χ4n) is 2.55. The van der Waals surface area contributed by atoms with Gasteiger partial charge in [0.05, 0.1) is 6.20 Å². The van der Waals surface area contributed by atoms with Crippen LogP contribution in [0.4, 0.5) is 11.5 Å². The maximum Gasteiger partial charge on any atom is 0.192 e. The molecule has 3 N–H and O–H groups in total. The first-order valence-corrected chi connectivity index (χ1v) is 7.02. The summed E-state index contributed by atoms with van der Waals surface area (Å²) in [6.45, 7) is 5.94. The second-order valence-corrected chi connectivity index (χ2v) is 5.22. The fourth-order valence-corrected chi connectivity index (χ4v) is 2.55. The lowest BCUT2D eigenvalue weighted by Gasteiger charge is -2.11. The van der Waals surface area contributed by atoms with Gasteiger partial charge in [0.2, 0.25) is 0 Å². The number of H-pyrrole nitrogens is 2. The number of pyridine rings is 1. The number of hydrogen-bond acceptors (Lipinski definition) is 3. The predicted octanol–water partition coefficient (Wildman–Crippen LogP) is 3.17. The summed E-state index contributed by atoms with van der Waals surface area (Å²) in [5, 5.41) is 10.7. The van der Waals surface area contributed by atoms with Gasteiger partial charge in [0.25, 0.3) is 0 Å². The summed E-state index contributed by atoms with van der Waals surface area (Å²) in [5.41, 5.74) is 4.74. The van der Waals surface area contributed by atoms with Crippen molar-refractivity contribution in [1.29, 1.82) is 0 Å². The lowest BCUT2D eigenvalue weighted by molar-refractivity contribution is 1.02. The van der Waals surface area contributed by atoms with Crippen LogP contribution in [0.2, 0.25) is 0 Å². The van der Waals surface area contributed by atoms with Gasteiger partial charge in [-0.1, -0.05) is 6.92 Å². The molecule has 0 fully saturated rings. The number of nitrogens with one attached hydrogen (secondary N) is 3. The van der Waals surface area contributed by atoms with E-state index in [1.165, 1.54) is 0 Å². The highest BCUT2D eigenvalue weighted by Gasteiger charge is 2.10. The first-order chi connectivity index (χ1) is 10.1. The third kappa shape index (κ3) is 2.31. The molecule has 0 bridgehead atoms. The molecule has 0 aliphatic carbocycles. The van der Waals surface area contributed by atoms with Crippen molar-refractivity contribution in [3.8, 4) is 0 Å². The Morgan fingerprint density at radius 2 is 2.10 bits per heavy atom. The fraction of sp³-hybridized carbons (Fsp3) is 0.250. The molecule has 0 atom stereocenters. The summed E-state index contributed by atoms with van der Waals surface area (Å²) < 4.78 is 0. The Morgan fingerprint density at radius 3 is 2.76 bits per heavy atom. The van der Waals surface area contributed by atoms with Crippen molar-refractivity contribution in [2.24, 2.45) is 0 Å². The molecular weight excluding hydrogens is 264 g/mol. The van der Waals surface area contributed by atoms with E-state index in [-0.39, 0.29) is 5.43 Å². The Hall–Kier alpha value is -2.56. The number of anilines is 2. The molecule has 0 aliphatic heterocycles. The van der Waals surface area contributed by atoms with Crippen molar-refractivity contribution in [2.75, 3.05) is 5.32 Å². The number of benzene rings is 1. The second-order valence-electron chi connectivity index (χ2n) is 5.22. The minimum absolute atomic E-state index is 0.0910. The van der Waals surface area contributed by atoms with E-state index in [2.05, 4.69) is 20.5 Å². The van der Waals surface area contributed by atoms with Crippen molar-refractivity contribution in [1.82, 2.24) is 15.2 Å². The SMILES string of the molecule is CCc1[nH]c2cc(C)c(Nc3ccn[nH]3)cc2c(=O)c1C. The highest BCUT2D eigenvalue weighted by atomic mass is 16.1. The molecular formula is C16H18N4O. The number of aromatic amines is 2. The molecule has 0 radical (unpaired) electrons. The maximum absolute atomic E-state index is 12.5. The lowest BCUT2D eigenvalue weighted by Crippen LogP contribution is -2.12. The number of fused-ring (bicyclic) bond motifs is 1. The first-order valence-electron chi connectivity index (χ1n) is 7.02. The average molecular weight is 282 g/mol. The molecule has 0 saturated heterocycles. The van der Waals surface area contributed by atoms with Crippen LogP contribution in [-0.2, 0) is 6.42 Å². The van der Waals surface area contributed by atoms with Crippen LogP contribution in [0.25, 0.3) is 10.9 Å². The van der Waals surface area contributed by atoms with E-state index in [0.29, 0.717) is 5.39 Å². The third-order valence-corrected chi connectivity index (χ3v) is 3.81. The Kier molecular flexibility index (Phi) is 3.25. The summed E-state index contributed by atoms with van der Waals surface area (Å²) in [7, 11) is 0. The van der Waals surface area contributed by atoms with E-state index >= 15 is 0 Å². The molecule has 108 valence electrons. The van der Waals surface area contributed by atoms with Crippen LogP contribution in [-0.4, -0.2) is 15.2 Å². The molecule has 0 aliphatic rings. The summed E-state index contributed by atoms with van der Waals surface area (Å²) >= 11 is 0. The molecule has 5 heteroatoms. The van der Waals surface area contributed by atoms with Crippen LogP contribution >= 0.6 is 0 Å². The van der Waals surface area contributed by atoms with Gasteiger partial charge in [-0.2, -0.15) is 5.10 Å². The Morgan fingerprint density at radius 1 is 1.29 bits per heavy atom. The summed E-state index contributed by atoms with van der Waals surface area (Å²) in [6.07, 6.45) is 2.51. The molecule has 2 heterocycles. The number of rotatable bonds is 3. The first kappa shape index (κ1) is 13.4.